The minimum absolute atomic E-state index is 0.199. The Bertz CT molecular complexity index is 1220. The molecule has 2 aromatic heterocycles. The lowest BCUT2D eigenvalue weighted by Gasteiger charge is -2.14. The van der Waals surface area contributed by atoms with Crippen molar-refractivity contribution < 1.29 is 4.79 Å². The summed E-state index contributed by atoms with van der Waals surface area (Å²) in [6, 6.07) is 20.1. The van der Waals surface area contributed by atoms with Gasteiger partial charge in [-0.15, -0.1) is 0 Å². The Labute approximate surface area is 162 Å². The SMILES string of the molecule is CN(C)C(=O)c1cn2c(n1)c(C#N)c(NCc1ccccc1)c1ccccc12. The first-order valence-corrected chi connectivity index (χ1v) is 8.93. The van der Waals surface area contributed by atoms with Crippen LogP contribution in [0.1, 0.15) is 21.6 Å². The van der Waals surface area contributed by atoms with Gasteiger partial charge in [-0.3, -0.25) is 9.20 Å². The second-order valence-electron chi connectivity index (χ2n) is 6.74. The number of nitrogens with zero attached hydrogens (tertiary/aromatic N) is 4. The monoisotopic (exact) mass is 369 g/mol. The van der Waals surface area contributed by atoms with Gasteiger partial charge in [-0.2, -0.15) is 5.26 Å². The van der Waals surface area contributed by atoms with E-state index in [2.05, 4.69) is 16.4 Å². The Morgan fingerprint density at radius 2 is 1.86 bits per heavy atom. The Morgan fingerprint density at radius 1 is 1.14 bits per heavy atom. The highest BCUT2D eigenvalue weighted by molar-refractivity contribution is 6.00. The molecule has 0 atom stereocenters. The van der Waals surface area contributed by atoms with Gasteiger partial charge in [-0.05, 0) is 11.6 Å². The summed E-state index contributed by atoms with van der Waals surface area (Å²) < 4.78 is 1.82. The van der Waals surface area contributed by atoms with Crippen LogP contribution in [0.4, 0.5) is 5.69 Å². The summed E-state index contributed by atoms with van der Waals surface area (Å²) in [5.41, 5.74) is 3.93. The molecule has 0 fully saturated rings. The van der Waals surface area contributed by atoms with Crippen LogP contribution in [-0.4, -0.2) is 34.3 Å². The van der Waals surface area contributed by atoms with Crippen molar-refractivity contribution in [2.75, 3.05) is 19.4 Å². The van der Waals surface area contributed by atoms with Crippen molar-refractivity contribution in [3.63, 3.8) is 0 Å². The van der Waals surface area contributed by atoms with Gasteiger partial charge in [0.05, 0.1) is 11.2 Å². The Kier molecular flexibility index (Phi) is 4.42. The number of imidazole rings is 1. The average Bonchev–Trinajstić information content (AvgIpc) is 3.17. The molecular formula is C22H19N5O. The third-order valence-electron chi connectivity index (χ3n) is 4.66. The molecule has 4 rings (SSSR count). The summed E-state index contributed by atoms with van der Waals surface area (Å²) in [5, 5.41) is 14.2. The number of carbonyl (C=O) groups is 1. The maximum atomic E-state index is 12.4. The molecule has 2 heterocycles. The average molecular weight is 369 g/mol. The summed E-state index contributed by atoms with van der Waals surface area (Å²) >= 11 is 0. The number of carbonyl (C=O) groups excluding carboxylic acids is 1. The third kappa shape index (κ3) is 2.93. The maximum absolute atomic E-state index is 12.4. The number of hydrogen-bond acceptors (Lipinski definition) is 4. The van der Waals surface area contributed by atoms with Crippen molar-refractivity contribution in [3.8, 4) is 6.07 Å². The first kappa shape index (κ1) is 17.6. The predicted octanol–water partition coefficient (Wildman–Crippen LogP) is 3.67. The van der Waals surface area contributed by atoms with E-state index in [4.69, 9.17) is 0 Å². The van der Waals surface area contributed by atoms with E-state index in [-0.39, 0.29) is 5.91 Å². The summed E-state index contributed by atoms with van der Waals surface area (Å²) in [7, 11) is 3.37. The molecule has 1 amide bonds. The van der Waals surface area contributed by atoms with Crippen molar-refractivity contribution >= 4 is 28.1 Å². The van der Waals surface area contributed by atoms with E-state index in [9.17, 15) is 10.1 Å². The Hall–Kier alpha value is -3.85. The highest BCUT2D eigenvalue weighted by atomic mass is 16.2. The molecule has 28 heavy (non-hydrogen) atoms. The number of para-hydroxylation sites is 1. The fourth-order valence-electron chi connectivity index (χ4n) is 3.29. The van der Waals surface area contributed by atoms with Crippen LogP contribution in [-0.2, 0) is 6.54 Å². The number of rotatable bonds is 4. The van der Waals surface area contributed by atoms with Crippen LogP contribution in [0.2, 0.25) is 0 Å². The number of pyridine rings is 1. The van der Waals surface area contributed by atoms with Crippen molar-refractivity contribution in [2.45, 2.75) is 6.54 Å². The van der Waals surface area contributed by atoms with Crippen molar-refractivity contribution in [1.82, 2.24) is 14.3 Å². The molecule has 0 saturated carbocycles. The van der Waals surface area contributed by atoms with E-state index in [1.165, 1.54) is 4.90 Å². The maximum Gasteiger partial charge on any atom is 0.273 e. The zero-order chi connectivity index (χ0) is 19.7. The third-order valence-corrected chi connectivity index (χ3v) is 4.66. The second-order valence-corrected chi connectivity index (χ2v) is 6.74. The number of aromatic nitrogens is 2. The van der Waals surface area contributed by atoms with Gasteiger partial charge >= 0.3 is 0 Å². The van der Waals surface area contributed by atoms with Gasteiger partial charge in [0.1, 0.15) is 17.3 Å². The van der Waals surface area contributed by atoms with Crippen LogP contribution >= 0.6 is 0 Å². The lowest BCUT2D eigenvalue weighted by atomic mass is 10.1. The van der Waals surface area contributed by atoms with Crippen molar-refractivity contribution in [1.29, 1.82) is 5.26 Å². The zero-order valence-electron chi connectivity index (χ0n) is 15.7. The van der Waals surface area contributed by atoms with E-state index in [0.29, 0.717) is 23.4 Å². The molecule has 4 aromatic rings. The molecule has 1 N–H and O–H groups in total. The van der Waals surface area contributed by atoms with Crippen LogP contribution in [0.15, 0.2) is 60.8 Å². The summed E-state index contributed by atoms with van der Waals surface area (Å²) in [6.07, 6.45) is 1.70. The molecule has 0 bridgehead atoms. The van der Waals surface area contributed by atoms with Crippen LogP contribution in [0.5, 0.6) is 0 Å². The molecule has 0 aliphatic carbocycles. The van der Waals surface area contributed by atoms with Crippen molar-refractivity contribution in [3.05, 3.63) is 77.6 Å². The van der Waals surface area contributed by atoms with Crippen LogP contribution in [0.3, 0.4) is 0 Å². The van der Waals surface area contributed by atoms with Gasteiger partial charge < -0.3 is 10.2 Å². The predicted molar refractivity (Wildman–Crippen MR) is 109 cm³/mol. The molecule has 0 aliphatic rings. The Morgan fingerprint density at radius 3 is 2.57 bits per heavy atom. The number of nitrogens with one attached hydrogen (secondary N) is 1. The normalized spacial score (nSPS) is 10.8. The molecule has 0 saturated heterocycles. The largest absolute Gasteiger partial charge is 0.379 e. The van der Waals surface area contributed by atoms with Crippen LogP contribution in [0, 0.1) is 11.3 Å². The number of benzene rings is 2. The number of amides is 1. The Balaban J connectivity index is 1.92. The van der Waals surface area contributed by atoms with E-state index in [0.717, 1.165) is 22.2 Å². The summed E-state index contributed by atoms with van der Waals surface area (Å²) in [5.74, 6) is -0.199. The molecule has 0 spiro atoms. The zero-order valence-corrected chi connectivity index (χ0v) is 15.7. The number of anilines is 1. The molecule has 6 heteroatoms. The van der Waals surface area contributed by atoms with Gasteiger partial charge in [-0.25, -0.2) is 4.98 Å². The lowest BCUT2D eigenvalue weighted by Crippen LogP contribution is -2.21. The van der Waals surface area contributed by atoms with Gasteiger partial charge in [0.15, 0.2) is 5.65 Å². The molecule has 0 aliphatic heterocycles. The smallest absolute Gasteiger partial charge is 0.273 e. The topological polar surface area (TPSA) is 73.4 Å². The van der Waals surface area contributed by atoms with Gasteiger partial charge in [-0.1, -0.05) is 48.5 Å². The number of nitriles is 1. The molecule has 138 valence electrons. The highest BCUT2D eigenvalue weighted by Gasteiger charge is 2.20. The molecule has 6 nitrogen and oxygen atoms in total. The number of fused-ring (bicyclic) bond motifs is 3. The summed E-state index contributed by atoms with van der Waals surface area (Å²) in [6.45, 7) is 0.583. The van der Waals surface area contributed by atoms with E-state index < -0.39 is 0 Å². The van der Waals surface area contributed by atoms with Gasteiger partial charge in [0.2, 0.25) is 0 Å². The van der Waals surface area contributed by atoms with Gasteiger partial charge in [0.25, 0.3) is 5.91 Å². The minimum Gasteiger partial charge on any atom is -0.379 e. The molecule has 0 unspecified atom stereocenters. The molecular weight excluding hydrogens is 350 g/mol. The highest BCUT2D eigenvalue weighted by Crippen LogP contribution is 2.31. The lowest BCUT2D eigenvalue weighted by molar-refractivity contribution is 0.0822. The van der Waals surface area contributed by atoms with Crippen molar-refractivity contribution in [2.24, 2.45) is 0 Å². The standard InChI is InChI=1S/C22H19N5O/c1-26(2)22(28)18-14-27-19-11-7-6-10-16(19)20(17(12-23)21(27)25-18)24-13-15-8-4-3-5-9-15/h3-11,14,24H,13H2,1-2H3. The summed E-state index contributed by atoms with van der Waals surface area (Å²) in [4.78, 5) is 18.4. The second kappa shape index (κ2) is 7.05. The fraction of sp³-hybridized carbons (Fsp3) is 0.136. The first-order chi connectivity index (χ1) is 13.6. The van der Waals surface area contributed by atoms with Gasteiger partial charge in [0, 0.05) is 32.2 Å². The first-order valence-electron chi connectivity index (χ1n) is 8.93. The molecule has 2 aromatic carbocycles. The van der Waals surface area contributed by atoms with Crippen LogP contribution < -0.4 is 5.32 Å². The van der Waals surface area contributed by atoms with E-state index in [1.54, 1.807) is 20.3 Å². The van der Waals surface area contributed by atoms with E-state index in [1.807, 2.05) is 59.0 Å². The molecule has 0 radical (unpaired) electrons. The minimum atomic E-state index is -0.199. The number of hydrogen-bond donors (Lipinski definition) is 1. The van der Waals surface area contributed by atoms with Crippen LogP contribution in [0.25, 0.3) is 16.6 Å². The quantitative estimate of drug-likeness (QED) is 0.596. The fourth-order valence-corrected chi connectivity index (χ4v) is 3.29. The van der Waals surface area contributed by atoms with E-state index >= 15 is 0 Å².